The van der Waals surface area contributed by atoms with Crippen molar-refractivity contribution in [3.63, 3.8) is 0 Å². The van der Waals surface area contributed by atoms with Crippen LogP contribution in [0.2, 0.25) is 0 Å². The Balaban J connectivity index is 2.64. The Bertz CT molecular complexity index is 251. The van der Waals surface area contributed by atoms with E-state index in [9.17, 15) is 4.79 Å². The van der Waals surface area contributed by atoms with Crippen LogP contribution < -0.4 is 0 Å². The molecule has 1 atom stereocenters. The van der Waals surface area contributed by atoms with Gasteiger partial charge in [-0.05, 0) is 32.2 Å². The minimum atomic E-state index is -0.188. The van der Waals surface area contributed by atoms with Crippen molar-refractivity contribution in [2.75, 3.05) is 26.8 Å². The summed E-state index contributed by atoms with van der Waals surface area (Å²) in [6.45, 7) is 11.2. The highest BCUT2D eigenvalue weighted by Gasteiger charge is 2.36. The molecular formula is C14H27NO2. The van der Waals surface area contributed by atoms with E-state index < -0.39 is 0 Å². The van der Waals surface area contributed by atoms with E-state index in [2.05, 4.69) is 39.6 Å². The molecule has 1 aliphatic rings. The number of aldehydes is 1. The standard InChI is InChI=1S/C14H27NO2/c1-12(13(2,3)4)15(5)10-14(11-16)6-8-17-9-7-14/h11-12H,6-10H2,1-5H3. The second-order valence-electron chi connectivity index (χ2n) is 6.55. The molecule has 0 aliphatic carbocycles. The van der Waals surface area contributed by atoms with Gasteiger partial charge in [-0.1, -0.05) is 20.8 Å². The van der Waals surface area contributed by atoms with Gasteiger partial charge in [0, 0.05) is 31.2 Å². The Kier molecular flexibility index (Phi) is 4.73. The predicted octanol–water partition coefficient (Wildman–Crippen LogP) is 2.35. The summed E-state index contributed by atoms with van der Waals surface area (Å²) in [6, 6.07) is 0.460. The zero-order valence-corrected chi connectivity index (χ0v) is 12.0. The minimum Gasteiger partial charge on any atom is -0.381 e. The van der Waals surface area contributed by atoms with Crippen molar-refractivity contribution in [2.24, 2.45) is 10.8 Å². The molecule has 0 aromatic rings. The molecule has 100 valence electrons. The van der Waals surface area contributed by atoms with Crippen LogP contribution in [-0.4, -0.2) is 44.0 Å². The predicted molar refractivity (Wildman–Crippen MR) is 70.1 cm³/mol. The van der Waals surface area contributed by atoms with Gasteiger partial charge in [0.1, 0.15) is 6.29 Å². The van der Waals surface area contributed by atoms with Crippen LogP contribution >= 0.6 is 0 Å². The second kappa shape index (κ2) is 5.49. The molecule has 0 aromatic heterocycles. The lowest BCUT2D eigenvalue weighted by Gasteiger charge is -2.41. The third kappa shape index (κ3) is 3.78. The van der Waals surface area contributed by atoms with Gasteiger partial charge in [0.05, 0.1) is 0 Å². The molecular weight excluding hydrogens is 214 g/mol. The molecule has 1 rings (SSSR count). The Hall–Kier alpha value is -0.410. The quantitative estimate of drug-likeness (QED) is 0.708. The molecule has 17 heavy (non-hydrogen) atoms. The van der Waals surface area contributed by atoms with Crippen molar-refractivity contribution in [3.05, 3.63) is 0 Å². The summed E-state index contributed by atoms with van der Waals surface area (Å²) in [7, 11) is 2.12. The normalized spacial score (nSPS) is 22.5. The summed E-state index contributed by atoms with van der Waals surface area (Å²) in [5.41, 5.74) is 0.0521. The number of hydrogen-bond acceptors (Lipinski definition) is 3. The van der Waals surface area contributed by atoms with E-state index >= 15 is 0 Å². The molecule has 0 amide bonds. The fourth-order valence-electron chi connectivity index (χ4n) is 2.39. The third-order valence-corrected chi connectivity index (χ3v) is 4.22. The summed E-state index contributed by atoms with van der Waals surface area (Å²) < 4.78 is 5.36. The minimum absolute atomic E-state index is 0.188. The number of nitrogens with zero attached hydrogens (tertiary/aromatic N) is 1. The highest BCUT2D eigenvalue weighted by molar-refractivity contribution is 5.60. The number of ether oxygens (including phenoxy) is 1. The van der Waals surface area contributed by atoms with Crippen molar-refractivity contribution in [1.29, 1.82) is 0 Å². The summed E-state index contributed by atoms with van der Waals surface area (Å²) in [5, 5.41) is 0. The number of hydrogen-bond donors (Lipinski definition) is 0. The van der Waals surface area contributed by atoms with Gasteiger partial charge in [0.25, 0.3) is 0 Å². The number of carbonyl (C=O) groups excluding carboxylic acids is 1. The van der Waals surface area contributed by atoms with Crippen LogP contribution in [0.15, 0.2) is 0 Å². The molecule has 3 nitrogen and oxygen atoms in total. The zero-order valence-electron chi connectivity index (χ0n) is 12.0. The van der Waals surface area contributed by atoms with E-state index in [1.165, 1.54) is 0 Å². The van der Waals surface area contributed by atoms with Gasteiger partial charge in [-0.25, -0.2) is 0 Å². The molecule has 1 saturated heterocycles. The van der Waals surface area contributed by atoms with Gasteiger partial charge >= 0.3 is 0 Å². The first-order valence-corrected chi connectivity index (χ1v) is 6.55. The average Bonchev–Trinajstić information content (AvgIpc) is 2.28. The van der Waals surface area contributed by atoms with Crippen LogP contribution in [0.3, 0.4) is 0 Å². The van der Waals surface area contributed by atoms with E-state index in [0.29, 0.717) is 6.04 Å². The molecule has 0 aromatic carbocycles. The molecule has 0 radical (unpaired) electrons. The molecule has 1 unspecified atom stereocenters. The Morgan fingerprint density at radius 3 is 2.29 bits per heavy atom. The summed E-state index contributed by atoms with van der Waals surface area (Å²) >= 11 is 0. The maximum atomic E-state index is 11.4. The average molecular weight is 241 g/mol. The lowest BCUT2D eigenvalue weighted by atomic mass is 9.79. The van der Waals surface area contributed by atoms with Crippen molar-refractivity contribution in [1.82, 2.24) is 4.90 Å². The van der Waals surface area contributed by atoms with Gasteiger partial charge in [-0.2, -0.15) is 0 Å². The molecule has 0 spiro atoms. The number of rotatable bonds is 4. The van der Waals surface area contributed by atoms with Gasteiger partial charge in [0.2, 0.25) is 0 Å². The fourth-order valence-corrected chi connectivity index (χ4v) is 2.39. The van der Waals surface area contributed by atoms with Gasteiger partial charge < -0.3 is 14.4 Å². The monoisotopic (exact) mass is 241 g/mol. The number of carbonyl (C=O) groups is 1. The fraction of sp³-hybridized carbons (Fsp3) is 0.929. The lowest BCUT2D eigenvalue weighted by molar-refractivity contribution is -0.123. The Labute approximate surface area is 106 Å². The van der Waals surface area contributed by atoms with Gasteiger partial charge in [-0.15, -0.1) is 0 Å². The van der Waals surface area contributed by atoms with Crippen LogP contribution in [0.4, 0.5) is 0 Å². The van der Waals surface area contributed by atoms with Crippen molar-refractivity contribution >= 4 is 6.29 Å². The first kappa shape index (κ1) is 14.7. The van der Waals surface area contributed by atoms with E-state index in [0.717, 1.165) is 38.9 Å². The molecule has 0 bridgehead atoms. The van der Waals surface area contributed by atoms with Crippen LogP contribution in [0.5, 0.6) is 0 Å². The van der Waals surface area contributed by atoms with E-state index in [1.807, 2.05) is 0 Å². The van der Waals surface area contributed by atoms with E-state index in [-0.39, 0.29) is 10.8 Å². The first-order valence-electron chi connectivity index (χ1n) is 6.55. The van der Waals surface area contributed by atoms with E-state index in [4.69, 9.17) is 4.74 Å². The topological polar surface area (TPSA) is 29.5 Å². The molecule has 1 fully saturated rings. The Morgan fingerprint density at radius 1 is 1.35 bits per heavy atom. The maximum absolute atomic E-state index is 11.4. The van der Waals surface area contributed by atoms with Crippen LogP contribution in [-0.2, 0) is 9.53 Å². The SMILES string of the molecule is CC(N(C)CC1(C=O)CCOCC1)C(C)(C)C. The van der Waals surface area contributed by atoms with Crippen molar-refractivity contribution in [3.8, 4) is 0 Å². The highest BCUT2D eigenvalue weighted by Crippen LogP contribution is 2.32. The highest BCUT2D eigenvalue weighted by atomic mass is 16.5. The first-order chi connectivity index (χ1) is 7.81. The summed E-state index contributed by atoms with van der Waals surface area (Å²) in [5.74, 6) is 0. The van der Waals surface area contributed by atoms with Gasteiger partial charge in [-0.3, -0.25) is 0 Å². The molecule has 0 saturated carbocycles. The maximum Gasteiger partial charge on any atom is 0.127 e. The smallest absolute Gasteiger partial charge is 0.127 e. The summed E-state index contributed by atoms with van der Waals surface area (Å²) in [4.78, 5) is 13.7. The largest absolute Gasteiger partial charge is 0.381 e. The van der Waals surface area contributed by atoms with Crippen molar-refractivity contribution < 1.29 is 9.53 Å². The lowest BCUT2D eigenvalue weighted by Crippen LogP contribution is -2.47. The van der Waals surface area contributed by atoms with Crippen molar-refractivity contribution in [2.45, 2.75) is 46.6 Å². The molecule has 1 heterocycles. The van der Waals surface area contributed by atoms with Crippen LogP contribution in [0, 0.1) is 10.8 Å². The van der Waals surface area contributed by atoms with Gasteiger partial charge in [0.15, 0.2) is 0 Å². The molecule has 0 N–H and O–H groups in total. The van der Waals surface area contributed by atoms with E-state index in [1.54, 1.807) is 0 Å². The summed E-state index contributed by atoms with van der Waals surface area (Å²) in [6.07, 6.45) is 2.87. The second-order valence-corrected chi connectivity index (χ2v) is 6.55. The van der Waals surface area contributed by atoms with Crippen LogP contribution in [0.25, 0.3) is 0 Å². The van der Waals surface area contributed by atoms with Crippen LogP contribution in [0.1, 0.15) is 40.5 Å². The zero-order chi connectivity index (χ0) is 13.1. The molecule has 1 aliphatic heterocycles. The third-order valence-electron chi connectivity index (χ3n) is 4.22. The Morgan fingerprint density at radius 2 is 1.88 bits per heavy atom. The molecule has 3 heteroatoms.